The normalized spacial score (nSPS) is 24.2. The van der Waals surface area contributed by atoms with Gasteiger partial charge in [-0.3, -0.25) is 0 Å². The molecular formula is C23H25F3N2O3. The SMILES string of the molecule is CC1(CNC(=O)N2CCC(c3cc(F)c(F)c(F)c3)C2(C)C)COc2ccccc2O1. The summed E-state index contributed by atoms with van der Waals surface area (Å²) in [6.07, 6.45) is 0.509. The number of hydrogen-bond acceptors (Lipinski definition) is 3. The summed E-state index contributed by atoms with van der Waals surface area (Å²) in [7, 11) is 0. The number of carbonyl (C=O) groups is 1. The Morgan fingerprint density at radius 3 is 2.45 bits per heavy atom. The van der Waals surface area contributed by atoms with E-state index in [1.54, 1.807) is 4.90 Å². The highest BCUT2D eigenvalue weighted by atomic mass is 19.2. The molecule has 0 bridgehead atoms. The van der Waals surface area contributed by atoms with Gasteiger partial charge in [0, 0.05) is 18.0 Å². The van der Waals surface area contributed by atoms with Crippen LogP contribution in [0.5, 0.6) is 11.5 Å². The number of ether oxygens (including phenoxy) is 2. The van der Waals surface area contributed by atoms with Crippen molar-refractivity contribution in [2.75, 3.05) is 19.7 Å². The number of nitrogens with one attached hydrogen (secondary N) is 1. The summed E-state index contributed by atoms with van der Waals surface area (Å²) in [5, 5.41) is 2.90. The average molecular weight is 434 g/mol. The first kappa shape index (κ1) is 21.3. The van der Waals surface area contributed by atoms with Crippen molar-refractivity contribution in [1.82, 2.24) is 10.2 Å². The number of halogens is 3. The lowest BCUT2D eigenvalue weighted by Gasteiger charge is -2.38. The molecule has 1 saturated heterocycles. The van der Waals surface area contributed by atoms with Crippen molar-refractivity contribution in [3.05, 3.63) is 59.4 Å². The van der Waals surface area contributed by atoms with Crippen LogP contribution in [0.4, 0.5) is 18.0 Å². The minimum Gasteiger partial charge on any atom is -0.485 e. The number of carbonyl (C=O) groups excluding carboxylic acids is 1. The lowest BCUT2D eigenvalue weighted by molar-refractivity contribution is 0.00750. The molecule has 0 aliphatic carbocycles. The molecule has 8 heteroatoms. The van der Waals surface area contributed by atoms with E-state index in [4.69, 9.17) is 9.47 Å². The van der Waals surface area contributed by atoms with E-state index in [1.165, 1.54) is 0 Å². The Morgan fingerprint density at radius 2 is 1.77 bits per heavy atom. The molecule has 1 fully saturated rings. The van der Waals surface area contributed by atoms with Crippen molar-refractivity contribution in [3.63, 3.8) is 0 Å². The van der Waals surface area contributed by atoms with E-state index >= 15 is 0 Å². The third-order valence-electron chi connectivity index (χ3n) is 6.20. The van der Waals surface area contributed by atoms with Crippen LogP contribution >= 0.6 is 0 Å². The summed E-state index contributed by atoms with van der Waals surface area (Å²) < 4.78 is 52.6. The number of hydrogen-bond donors (Lipinski definition) is 1. The Hall–Kier alpha value is -2.90. The summed E-state index contributed by atoms with van der Waals surface area (Å²) in [6.45, 7) is 6.43. The quantitative estimate of drug-likeness (QED) is 0.718. The van der Waals surface area contributed by atoms with Gasteiger partial charge in [-0.05, 0) is 57.0 Å². The summed E-state index contributed by atoms with van der Waals surface area (Å²) >= 11 is 0. The Labute approximate surface area is 179 Å². The van der Waals surface area contributed by atoms with E-state index in [-0.39, 0.29) is 25.1 Å². The van der Waals surface area contributed by atoms with Crippen LogP contribution in [0.1, 0.15) is 38.7 Å². The minimum atomic E-state index is -1.49. The number of fused-ring (bicyclic) bond motifs is 1. The predicted molar refractivity (Wildman–Crippen MR) is 109 cm³/mol. The van der Waals surface area contributed by atoms with E-state index in [0.717, 1.165) is 12.1 Å². The number of urea groups is 1. The van der Waals surface area contributed by atoms with Gasteiger partial charge in [-0.1, -0.05) is 12.1 Å². The molecule has 2 amide bonds. The van der Waals surface area contributed by atoms with E-state index in [1.807, 2.05) is 45.0 Å². The van der Waals surface area contributed by atoms with Crippen LogP contribution in [-0.4, -0.2) is 41.8 Å². The van der Waals surface area contributed by atoms with Crippen LogP contribution in [0, 0.1) is 17.5 Å². The maximum absolute atomic E-state index is 13.7. The Kier molecular flexibility index (Phi) is 5.27. The van der Waals surface area contributed by atoms with E-state index < -0.39 is 28.6 Å². The molecule has 2 heterocycles. The maximum Gasteiger partial charge on any atom is 0.318 e. The molecule has 4 rings (SSSR count). The second-order valence-electron chi connectivity index (χ2n) is 8.89. The second-order valence-corrected chi connectivity index (χ2v) is 8.89. The van der Waals surface area contributed by atoms with Crippen molar-refractivity contribution in [2.45, 2.75) is 44.2 Å². The summed E-state index contributed by atoms with van der Waals surface area (Å²) in [6, 6.07) is 9.05. The lowest BCUT2D eigenvalue weighted by atomic mass is 9.82. The molecule has 166 valence electrons. The summed E-state index contributed by atoms with van der Waals surface area (Å²) in [4.78, 5) is 14.6. The topological polar surface area (TPSA) is 50.8 Å². The van der Waals surface area contributed by atoms with Crippen LogP contribution in [0.25, 0.3) is 0 Å². The zero-order valence-corrected chi connectivity index (χ0v) is 17.7. The number of rotatable bonds is 3. The van der Waals surface area contributed by atoms with Gasteiger partial charge in [0.1, 0.15) is 6.61 Å². The molecule has 0 aromatic heterocycles. The number of nitrogens with zero attached hydrogens (tertiary/aromatic N) is 1. The van der Waals surface area contributed by atoms with Crippen LogP contribution in [0.3, 0.4) is 0 Å². The van der Waals surface area contributed by atoms with Gasteiger partial charge in [0.2, 0.25) is 0 Å². The molecule has 2 aromatic rings. The molecule has 0 saturated carbocycles. The molecule has 2 aliphatic heterocycles. The second kappa shape index (κ2) is 7.66. The lowest BCUT2D eigenvalue weighted by Crippen LogP contribution is -2.56. The van der Waals surface area contributed by atoms with Gasteiger partial charge in [-0.15, -0.1) is 0 Å². The maximum atomic E-state index is 13.7. The average Bonchev–Trinajstić information content (AvgIpc) is 3.04. The van der Waals surface area contributed by atoms with E-state index in [2.05, 4.69) is 5.32 Å². The van der Waals surface area contributed by atoms with Gasteiger partial charge in [-0.25, -0.2) is 18.0 Å². The molecular weight excluding hydrogens is 409 g/mol. The van der Waals surface area contributed by atoms with Crippen molar-refractivity contribution < 1.29 is 27.4 Å². The number of benzene rings is 2. The van der Waals surface area contributed by atoms with E-state index in [9.17, 15) is 18.0 Å². The molecule has 31 heavy (non-hydrogen) atoms. The Balaban J connectivity index is 1.44. The monoisotopic (exact) mass is 434 g/mol. The molecule has 2 aliphatic rings. The van der Waals surface area contributed by atoms with Crippen LogP contribution < -0.4 is 14.8 Å². The molecule has 2 unspecified atom stereocenters. The fourth-order valence-electron chi connectivity index (χ4n) is 4.43. The van der Waals surface area contributed by atoms with Gasteiger partial charge in [0.25, 0.3) is 0 Å². The number of likely N-dealkylation sites (tertiary alicyclic amines) is 1. The standard InChI is InChI=1S/C23H25F3N2O3/c1-22(2)15(14-10-16(24)20(26)17(25)11-14)8-9-28(22)21(29)27-12-23(3)13-30-18-6-4-5-7-19(18)31-23/h4-7,10-11,15H,8-9,12-13H2,1-3H3,(H,27,29). The molecule has 5 nitrogen and oxygen atoms in total. The zero-order chi connectivity index (χ0) is 22.4. The van der Waals surface area contributed by atoms with Crippen LogP contribution in [0.15, 0.2) is 36.4 Å². The molecule has 0 radical (unpaired) electrons. The largest absolute Gasteiger partial charge is 0.485 e. The van der Waals surface area contributed by atoms with Crippen LogP contribution in [-0.2, 0) is 0 Å². The van der Waals surface area contributed by atoms with Gasteiger partial charge < -0.3 is 19.7 Å². The Bertz CT molecular complexity index is 990. The van der Waals surface area contributed by atoms with Crippen molar-refractivity contribution in [1.29, 1.82) is 0 Å². The fourth-order valence-corrected chi connectivity index (χ4v) is 4.43. The molecule has 2 atom stereocenters. The third kappa shape index (κ3) is 3.91. The van der Waals surface area contributed by atoms with Crippen LogP contribution in [0.2, 0.25) is 0 Å². The number of para-hydroxylation sites is 2. The zero-order valence-electron chi connectivity index (χ0n) is 17.7. The Morgan fingerprint density at radius 1 is 1.13 bits per heavy atom. The van der Waals surface area contributed by atoms with Gasteiger partial charge >= 0.3 is 6.03 Å². The first-order valence-electron chi connectivity index (χ1n) is 10.2. The van der Waals surface area contributed by atoms with E-state index in [0.29, 0.717) is 30.0 Å². The molecule has 1 N–H and O–H groups in total. The van der Waals surface area contributed by atoms with Crippen molar-refractivity contribution in [3.8, 4) is 11.5 Å². The van der Waals surface area contributed by atoms with Gasteiger partial charge in [0.05, 0.1) is 6.54 Å². The summed E-state index contributed by atoms with van der Waals surface area (Å²) in [5.74, 6) is -2.99. The van der Waals surface area contributed by atoms with Gasteiger partial charge in [-0.2, -0.15) is 0 Å². The smallest absolute Gasteiger partial charge is 0.318 e. The minimum absolute atomic E-state index is 0.219. The van der Waals surface area contributed by atoms with Gasteiger partial charge in [0.15, 0.2) is 34.6 Å². The van der Waals surface area contributed by atoms with Crippen molar-refractivity contribution >= 4 is 6.03 Å². The highest BCUT2D eigenvalue weighted by Crippen LogP contribution is 2.42. The predicted octanol–water partition coefficient (Wildman–Crippen LogP) is 4.61. The molecule has 2 aromatic carbocycles. The highest BCUT2D eigenvalue weighted by molar-refractivity contribution is 5.76. The first-order chi connectivity index (χ1) is 14.6. The summed E-state index contributed by atoms with van der Waals surface area (Å²) in [5.41, 5.74) is -1.13. The fraction of sp³-hybridized carbons (Fsp3) is 0.435. The highest BCUT2D eigenvalue weighted by Gasteiger charge is 2.45. The first-order valence-corrected chi connectivity index (χ1v) is 10.2. The third-order valence-corrected chi connectivity index (χ3v) is 6.20. The molecule has 0 spiro atoms. The number of amides is 2. The van der Waals surface area contributed by atoms with Crippen molar-refractivity contribution in [2.24, 2.45) is 0 Å².